The number of hydrogen-bond acceptors (Lipinski definition) is 4. The Bertz CT molecular complexity index is 815. The molecule has 2 aromatic rings. The van der Waals surface area contributed by atoms with E-state index in [2.05, 4.69) is 4.99 Å². The van der Waals surface area contributed by atoms with E-state index < -0.39 is 0 Å². The molecular formula is C16H16ClN3O2S2. The molecule has 1 aromatic carbocycles. The number of carbonyl (C=O) groups is 2. The summed E-state index contributed by atoms with van der Waals surface area (Å²) >= 11 is 8.90. The van der Waals surface area contributed by atoms with Crippen molar-refractivity contribution >= 4 is 45.8 Å². The SMILES string of the molecule is O=C(CCN1CCSC1=O)N=c1sccn1Cc1ccccc1Cl. The molecule has 0 radical (unpaired) electrons. The average molecular weight is 382 g/mol. The van der Waals surface area contributed by atoms with Crippen LogP contribution in [0.4, 0.5) is 4.79 Å². The zero-order chi connectivity index (χ0) is 16.9. The van der Waals surface area contributed by atoms with Crippen molar-refractivity contribution in [3.05, 3.63) is 51.2 Å². The number of thiazole rings is 1. The second-order valence-corrected chi connectivity index (χ2v) is 7.59. The highest BCUT2D eigenvalue weighted by Gasteiger charge is 2.21. The number of rotatable bonds is 5. The molecule has 0 bridgehead atoms. The van der Waals surface area contributed by atoms with E-state index in [4.69, 9.17) is 11.6 Å². The summed E-state index contributed by atoms with van der Waals surface area (Å²) in [6.07, 6.45) is 2.14. The number of hydrogen-bond donors (Lipinski definition) is 0. The maximum atomic E-state index is 12.1. The van der Waals surface area contributed by atoms with Crippen molar-refractivity contribution in [3.63, 3.8) is 0 Å². The number of carbonyl (C=O) groups excluding carboxylic acids is 2. The zero-order valence-corrected chi connectivity index (χ0v) is 15.2. The minimum absolute atomic E-state index is 0.0488. The van der Waals surface area contributed by atoms with Crippen molar-refractivity contribution in [1.82, 2.24) is 9.47 Å². The van der Waals surface area contributed by atoms with Crippen molar-refractivity contribution in [2.24, 2.45) is 4.99 Å². The van der Waals surface area contributed by atoms with Gasteiger partial charge in [-0.1, -0.05) is 41.6 Å². The van der Waals surface area contributed by atoms with Crippen molar-refractivity contribution < 1.29 is 9.59 Å². The monoisotopic (exact) mass is 381 g/mol. The van der Waals surface area contributed by atoms with Crippen molar-refractivity contribution in [3.8, 4) is 0 Å². The van der Waals surface area contributed by atoms with Gasteiger partial charge in [0.1, 0.15) is 0 Å². The molecule has 126 valence electrons. The second kappa shape index (κ2) is 8.00. The van der Waals surface area contributed by atoms with Crippen LogP contribution in [0.25, 0.3) is 0 Å². The Morgan fingerprint density at radius 2 is 2.17 bits per heavy atom. The number of nitrogens with zero attached hydrogens (tertiary/aromatic N) is 3. The van der Waals surface area contributed by atoms with Crippen LogP contribution in [-0.4, -0.2) is 39.5 Å². The van der Waals surface area contributed by atoms with E-state index in [9.17, 15) is 9.59 Å². The maximum Gasteiger partial charge on any atom is 0.281 e. The first-order chi connectivity index (χ1) is 11.6. The molecule has 0 N–H and O–H groups in total. The van der Waals surface area contributed by atoms with Gasteiger partial charge >= 0.3 is 0 Å². The van der Waals surface area contributed by atoms with E-state index in [1.165, 1.54) is 23.1 Å². The van der Waals surface area contributed by atoms with Crippen LogP contribution in [0.15, 0.2) is 40.8 Å². The molecule has 1 aliphatic rings. The summed E-state index contributed by atoms with van der Waals surface area (Å²) < 4.78 is 1.90. The fraction of sp³-hybridized carbons (Fsp3) is 0.312. The molecule has 0 saturated carbocycles. The van der Waals surface area contributed by atoms with E-state index in [0.717, 1.165) is 11.3 Å². The van der Waals surface area contributed by atoms with Crippen LogP contribution in [-0.2, 0) is 11.3 Å². The minimum atomic E-state index is -0.213. The molecule has 1 fully saturated rings. The Kier molecular flexibility index (Phi) is 5.76. The van der Waals surface area contributed by atoms with Gasteiger partial charge in [0.25, 0.3) is 5.24 Å². The highest BCUT2D eigenvalue weighted by atomic mass is 35.5. The molecule has 1 aliphatic heterocycles. The van der Waals surface area contributed by atoms with Crippen molar-refractivity contribution in [2.45, 2.75) is 13.0 Å². The highest BCUT2D eigenvalue weighted by Crippen LogP contribution is 2.17. The van der Waals surface area contributed by atoms with Gasteiger partial charge in [0, 0.05) is 41.9 Å². The zero-order valence-electron chi connectivity index (χ0n) is 12.9. The lowest BCUT2D eigenvalue weighted by Gasteiger charge is -2.12. The molecule has 2 heterocycles. The van der Waals surface area contributed by atoms with Crippen LogP contribution >= 0.6 is 34.7 Å². The third-order valence-electron chi connectivity index (χ3n) is 3.62. The van der Waals surface area contributed by atoms with Gasteiger partial charge in [0.05, 0.1) is 6.54 Å². The normalized spacial score (nSPS) is 15.3. The summed E-state index contributed by atoms with van der Waals surface area (Å²) in [5.41, 5.74) is 0.978. The molecule has 2 amide bonds. The number of halogens is 1. The van der Waals surface area contributed by atoms with E-state index in [0.29, 0.717) is 29.5 Å². The molecule has 1 aromatic heterocycles. The summed E-state index contributed by atoms with van der Waals surface area (Å²) in [6, 6.07) is 7.62. The summed E-state index contributed by atoms with van der Waals surface area (Å²) in [7, 11) is 0. The van der Waals surface area contributed by atoms with Gasteiger partial charge in [-0.15, -0.1) is 11.3 Å². The first kappa shape index (κ1) is 17.3. The Balaban J connectivity index is 1.67. The highest BCUT2D eigenvalue weighted by molar-refractivity contribution is 8.13. The third-order valence-corrected chi connectivity index (χ3v) is 5.67. The summed E-state index contributed by atoms with van der Waals surface area (Å²) in [5, 5.41) is 2.63. The molecule has 1 saturated heterocycles. The van der Waals surface area contributed by atoms with E-state index in [-0.39, 0.29) is 17.6 Å². The Morgan fingerprint density at radius 3 is 2.92 bits per heavy atom. The molecule has 5 nitrogen and oxygen atoms in total. The summed E-state index contributed by atoms with van der Waals surface area (Å²) in [4.78, 5) is 30.2. The Morgan fingerprint density at radius 1 is 1.33 bits per heavy atom. The quantitative estimate of drug-likeness (QED) is 0.798. The second-order valence-electron chi connectivity index (χ2n) is 5.26. The minimum Gasteiger partial charge on any atom is -0.332 e. The first-order valence-corrected chi connectivity index (χ1v) is 9.74. The van der Waals surface area contributed by atoms with Crippen LogP contribution in [0.3, 0.4) is 0 Å². The summed E-state index contributed by atoms with van der Waals surface area (Å²) in [6.45, 7) is 1.71. The molecule has 24 heavy (non-hydrogen) atoms. The molecule has 3 rings (SSSR count). The van der Waals surface area contributed by atoms with Gasteiger partial charge < -0.3 is 9.47 Å². The largest absolute Gasteiger partial charge is 0.332 e. The number of thioether (sulfide) groups is 1. The fourth-order valence-corrected chi connectivity index (χ4v) is 4.13. The van der Waals surface area contributed by atoms with Crippen molar-refractivity contribution in [2.75, 3.05) is 18.8 Å². The van der Waals surface area contributed by atoms with Crippen LogP contribution < -0.4 is 4.80 Å². The molecule has 0 unspecified atom stereocenters. The lowest BCUT2D eigenvalue weighted by atomic mass is 10.2. The molecule has 0 aliphatic carbocycles. The standard InChI is InChI=1S/C16H16ClN3O2S2/c17-13-4-2-1-3-12(13)11-20-8-9-23-15(20)18-14(21)5-6-19-7-10-24-16(19)22/h1-4,8-9H,5-7,10-11H2. The number of aromatic nitrogens is 1. The predicted molar refractivity (Wildman–Crippen MR) is 97.5 cm³/mol. The molecule has 8 heteroatoms. The van der Waals surface area contributed by atoms with Gasteiger partial charge in [-0.25, -0.2) is 0 Å². The Hall–Kier alpha value is -1.57. The van der Waals surface area contributed by atoms with Crippen LogP contribution in [0.1, 0.15) is 12.0 Å². The van der Waals surface area contributed by atoms with Gasteiger partial charge in [0.15, 0.2) is 4.80 Å². The molecule has 0 atom stereocenters. The van der Waals surface area contributed by atoms with Crippen molar-refractivity contribution in [1.29, 1.82) is 0 Å². The lowest BCUT2D eigenvalue weighted by molar-refractivity contribution is -0.118. The fourth-order valence-electron chi connectivity index (χ4n) is 2.34. The van der Waals surface area contributed by atoms with Gasteiger partial charge in [-0.3, -0.25) is 9.59 Å². The maximum absolute atomic E-state index is 12.1. The smallest absolute Gasteiger partial charge is 0.281 e. The molecular weight excluding hydrogens is 366 g/mol. The van der Waals surface area contributed by atoms with E-state index in [1.54, 1.807) is 4.90 Å². The predicted octanol–water partition coefficient (Wildman–Crippen LogP) is 3.24. The molecule has 0 spiro atoms. The van der Waals surface area contributed by atoms with Crippen LogP contribution in [0, 0.1) is 0 Å². The van der Waals surface area contributed by atoms with Crippen LogP contribution in [0.5, 0.6) is 0 Å². The van der Waals surface area contributed by atoms with Gasteiger partial charge in [0.2, 0.25) is 5.91 Å². The first-order valence-electron chi connectivity index (χ1n) is 7.50. The van der Waals surface area contributed by atoms with Crippen LogP contribution in [0.2, 0.25) is 5.02 Å². The topological polar surface area (TPSA) is 54.7 Å². The van der Waals surface area contributed by atoms with Gasteiger partial charge in [-0.05, 0) is 11.6 Å². The summed E-state index contributed by atoms with van der Waals surface area (Å²) in [5.74, 6) is 0.586. The Labute approximate surface area is 153 Å². The van der Waals surface area contributed by atoms with E-state index >= 15 is 0 Å². The van der Waals surface area contributed by atoms with Gasteiger partial charge in [-0.2, -0.15) is 4.99 Å². The third kappa shape index (κ3) is 4.28. The average Bonchev–Trinajstić information content (AvgIpc) is 3.17. The lowest BCUT2D eigenvalue weighted by Crippen LogP contribution is -2.26. The van der Waals surface area contributed by atoms with E-state index in [1.807, 2.05) is 40.4 Å². The number of benzene rings is 1. The number of amides is 2.